The van der Waals surface area contributed by atoms with E-state index in [-0.39, 0.29) is 11.8 Å². The lowest BCUT2D eigenvalue weighted by atomic mass is 9.89. The number of phenols is 1. The van der Waals surface area contributed by atoms with Crippen LogP contribution in [0.2, 0.25) is 0 Å². The highest BCUT2D eigenvalue weighted by Gasteiger charge is 2.29. The largest absolute Gasteiger partial charge is 0.502 e. The smallest absolute Gasteiger partial charge is 0.202 e. The van der Waals surface area contributed by atoms with Crippen LogP contribution in [-0.2, 0) is 25.7 Å². The number of nitrogens with one attached hydrogen (secondary N) is 1. The van der Waals surface area contributed by atoms with Gasteiger partial charge in [0.05, 0.1) is 27.0 Å². The van der Waals surface area contributed by atoms with Crippen molar-refractivity contribution in [2.75, 3.05) is 34.4 Å². The van der Waals surface area contributed by atoms with Crippen LogP contribution in [0, 0.1) is 0 Å². The summed E-state index contributed by atoms with van der Waals surface area (Å²) in [4.78, 5) is 4.91. The van der Waals surface area contributed by atoms with Gasteiger partial charge in [0.15, 0.2) is 34.5 Å². The number of fused-ring (bicyclic) bond motifs is 2. The molecular formula is C35H34N2O6. The number of aromatic hydroxyl groups is 1. The first-order valence-corrected chi connectivity index (χ1v) is 14.6. The number of methoxy groups -OCH3 is 3. The van der Waals surface area contributed by atoms with Gasteiger partial charge in [-0.2, -0.15) is 0 Å². The molecule has 4 heterocycles. The number of rotatable bonds is 3. The SMILES string of the molecule is COc1ccc2cc1Oc1ccc(cc1)CC1=NCCc3cc(OC)c(O)c(c31)Oc1cc3c(cc1OC)CCNC3C2. The van der Waals surface area contributed by atoms with Gasteiger partial charge in [0.2, 0.25) is 5.75 Å². The molecular weight excluding hydrogens is 544 g/mol. The van der Waals surface area contributed by atoms with Crippen molar-refractivity contribution in [1.82, 2.24) is 5.32 Å². The van der Waals surface area contributed by atoms with Gasteiger partial charge in [-0.3, -0.25) is 4.99 Å². The van der Waals surface area contributed by atoms with E-state index in [0.717, 1.165) is 58.7 Å². The molecule has 0 fully saturated rings. The number of hydrogen-bond acceptors (Lipinski definition) is 8. The third-order valence-electron chi connectivity index (χ3n) is 8.48. The highest BCUT2D eigenvalue weighted by molar-refractivity contribution is 6.07. The van der Waals surface area contributed by atoms with E-state index in [0.29, 0.717) is 53.9 Å². The van der Waals surface area contributed by atoms with Crippen molar-refractivity contribution >= 4 is 5.71 Å². The average molecular weight is 579 g/mol. The molecule has 8 rings (SSSR count). The van der Waals surface area contributed by atoms with E-state index in [4.69, 9.17) is 28.7 Å². The fourth-order valence-electron chi connectivity index (χ4n) is 6.32. The molecule has 2 N–H and O–H groups in total. The zero-order valence-electron chi connectivity index (χ0n) is 24.5. The lowest BCUT2D eigenvalue weighted by Gasteiger charge is -2.29. The van der Waals surface area contributed by atoms with Crippen LogP contribution in [0.3, 0.4) is 0 Å². The number of ether oxygens (including phenoxy) is 5. The molecule has 0 spiro atoms. The Labute approximate surface area is 250 Å². The van der Waals surface area contributed by atoms with Gasteiger partial charge >= 0.3 is 0 Å². The van der Waals surface area contributed by atoms with E-state index < -0.39 is 0 Å². The molecule has 0 saturated heterocycles. The molecule has 0 radical (unpaired) electrons. The van der Waals surface area contributed by atoms with Crippen molar-refractivity contribution in [3.05, 3.63) is 94.0 Å². The second-order valence-corrected chi connectivity index (χ2v) is 11.0. The minimum Gasteiger partial charge on any atom is -0.502 e. The van der Waals surface area contributed by atoms with Crippen molar-refractivity contribution in [3.63, 3.8) is 0 Å². The first kappa shape index (κ1) is 27.2. The molecule has 6 bridgehead atoms. The third kappa shape index (κ3) is 5.02. The van der Waals surface area contributed by atoms with Gasteiger partial charge in [-0.05, 0) is 96.1 Å². The van der Waals surface area contributed by atoms with Crippen LogP contribution >= 0.6 is 0 Å². The second-order valence-electron chi connectivity index (χ2n) is 11.0. The zero-order chi connectivity index (χ0) is 29.5. The lowest BCUT2D eigenvalue weighted by Crippen LogP contribution is -2.31. The fourth-order valence-corrected chi connectivity index (χ4v) is 6.32. The number of benzene rings is 4. The van der Waals surface area contributed by atoms with E-state index >= 15 is 0 Å². The molecule has 4 aliphatic heterocycles. The van der Waals surface area contributed by atoms with Gasteiger partial charge < -0.3 is 34.1 Å². The standard InChI is InChI=1S/C35H34N2O6/c1-39-28-9-6-21-15-26-25-19-31(29(40-2)17-22(25)10-12-36-26)43-35-33-23(18-32(41-3)34(35)38)11-13-37-27(33)14-20-4-7-24(8-5-20)42-30(28)16-21/h4-9,16-19,26,36,38H,10-15H2,1-3H3. The maximum absolute atomic E-state index is 11.4. The van der Waals surface area contributed by atoms with Gasteiger partial charge in [-0.15, -0.1) is 0 Å². The van der Waals surface area contributed by atoms with Gasteiger partial charge in [-0.1, -0.05) is 18.2 Å². The monoisotopic (exact) mass is 578 g/mol. The van der Waals surface area contributed by atoms with Crippen molar-refractivity contribution in [1.29, 1.82) is 0 Å². The zero-order valence-corrected chi connectivity index (χ0v) is 24.5. The lowest BCUT2D eigenvalue weighted by molar-refractivity contribution is 0.342. The Hall–Kier alpha value is -4.69. The summed E-state index contributed by atoms with van der Waals surface area (Å²) in [6, 6.07) is 20.1. The molecule has 43 heavy (non-hydrogen) atoms. The number of hydrogen-bond donors (Lipinski definition) is 2. The molecule has 8 nitrogen and oxygen atoms in total. The normalized spacial score (nSPS) is 16.9. The molecule has 4 aromatic carbocycles. The predicted octanol–water partition coefficient (Wildman–Crippen LogP) is 6.33. The summed E-state index contributed by atoms with van der Waals surface area (Å²) in [6.45, 7) is 1.49. The maximum Gasteiger partial charge on any atom is 0.202 e. The van der Waals surface area contributed by atoms with Crippen molar-refractivity contribution < 1.29 is 28.8 Å². The van der Waals surface area contributed by atoms with Crippen molar-refractivity contribution in [2.45, 2.75) is 31.7 Å². The summed E-state index contributed by atoms with van der Waals surface area (Å²) < 4.78 is 30.0. The summed E-state index contributed by atoms with van der Waals surface area (Å²) in [5.41, 5.74) is 7.15. The molecule has 220 valence electrons. The highest BCUT2D eigenvalue weighted by atomic mass is 16.5. The Bertz CT molecular complexity index is 1730. The molecule has 0 aliphatic carbocycles. The van der Waals surface area contributed by atoms with Gasteiger partial charge in [0.1, 0.15) is 5.75 Å². The summed E-state index contributed by atoms with van der Waals surface area (Å²) in [6.07, 6.45) is 2.87. The van der Waals surface area contributed by atoms with E-state index in [9.17, 15) is 5.11 Å². The van der Waals surface area contributed by atoms with Gasteiger partial charge in [0, 0.05) is 24.6 Å². The third-order valence-corrected chi connectivity index (χ3v) is 8.48. The molecule has 4 aliphatic rings. The van der Waals surface area contributed by atoms with Crippen LogP contribution < -0.4 is 29.0 Å². The quantitative estimate of drug-likeness (QED) is 0.294. The Morgan fingerprint density at radius 2 is 1.53 bits per heavy atom. The Balaban J connectivity index is 1.43. The molecule has 4 aromatic rings. The summed E-state index contributed by atoms with van der Waals surface area (Å²) in [5, 5.41) is 15.1. The van der Waals surface area contributed by atoms with E-state index in [2.05, 4.69) is 17.4 Å². The fraction of sp³-hybridized carbons (Fsp3) is 0.286. The second kappa shape index (κ2) is 11.2. The minimum atomic E-state index is -0.0609. The number of aliphatic imine (C=N–C) groups is 1. The topological polar surface area (TPSA) is 90.8 Å². The maximum atomic E-state index is 11.4. The molecule has 0 aromatic heterocycles. The molecule has 8 heteroatoms. The van der Waals surface area contributed by atoms with Crippen molar-refractivity contribution in [3.8, 4) is 46.0 Å². The molecule has 1 unspecified atom stereocenters. The average Bonchev–Trinajstić information content (AvgIpc) is 3.03. The van der Waals surface area contributed by atoms with Crippen LogP contribution in [0.15, 0.2) is 65.7 Å². The molecule has 0 saturated carbocycles. The number of nitrogens with zero attached hydrogens (tertiary/aromatic N) is 1. The Morgan fingerprint density at radius 1 is 0.791 bits per heavy atom. The van der Waals surface area contributed by atoms with Crippen LogP contribution in [0.1, 0.15) is 39.4 Å². The first-order valence-electron chi connectivity index (χ1n) is 14.6. The van der Waals surface area contributed by atoms with Crippen LogP contribution in [0.5, 0.6) is 46.0 Å². The van der Waals surface area contributed by atoms with E-state index in [1.165, 1.54) is 5.56 Å². The highest BCUT2D eigenvalue weighted by Crippen LogP contribution is 2.48. The summed E-state index contributed by atoms with van der Waals surface area (Å²) in [5.74, 6) is 3.82. The van der Waals surface area contributed by atoms with E-state index in [1.54, 1.807) is 21.3 Å². The van der Waals surface area contributed by atoms with Crippen molar-refractivity contribution in [2.24, 2.45) is 4.99 Å². The van der Waals surface area contributed by atoms with Crippen LogP contribution in [0.4, 0.5) is 0 Å². The Morgan fingerprint density at radius 3 is 2.33 bits per heavy atom. The predicted molar refractivity (Wildman–Crippen MR) is 164 cm³/mol. The van der Waals surface area contributed by atoms with Crippen LogP contribution in [0.25, 0.3) is 0 Å². The van der Waals surface area contributed by atoms with Gasteiger partial charge in [-0.25, -0.2) is 0 Å². The minimum absolute atomic E-state index is 0.0290. The first-order chi connectivity index (χ1) is 21.0. The Kier molecular flexibility index (Phi) is 7.07. The summed E-state index contributed by atoms with van der Waals surface area (Å²) in [7, 11) is 4.85. The number of phenolic OH excluding ortho intramolecular Hbond substituents is 1. The van der Waals surface area contributed by atoms with Gasteiger partial charge in [0.25, 0.3) is 0 Å². The van der Waals surface area contributed by atoms with Crippen LogP contribution in [-0.4, -0.2) is 45.2 Å². The van der Waals surface area contributed by atoms with E-state index in [1.807, 2.05) is 48.5 Å². The molecule has 1 atom stereocenters. The summed E-state index contributed by atoms with van der Waals surface area (Å²) >= 11 is 0. The molecule has 0 amide bonds.